The summed E-state index contributed by atoms with van der Waals surface area (Å²) in [5.74, 6) is -0.456. The van der Waals surface area contributed by atoms with Crippen LogP contribution in [0.5, 0.6) is 0 Å². The van der Waals surface area contributed by atoms with Crippen molar-refractivity contribution in [2.24, 2.45) is 0 Å². The molecule has 21 heavy (non-hydrogen) atoms. The summed E-state index contributed by atoms with van der Waals surface area (Å²) in [6, 6.07) is 10.4. The van der Waals surface area contributed by atoms with Crippen LogP contribution in [0.2, 0.25) is 0 Å². The Morgan fingerprint density at radius 1 is 1.05 bits per heavy atom. The van der Waals surface area contributed by atoms with Gasteiger partial charge in [-0.2, -0.15) is 0 Å². The van der Waals surface area contributed by atoms with E-state index in [1.165, 1.54) is 6.20 Å². The van der Waals surface area contributed by atoms with Gasteiger partial charge in [-0.25, -0.2) is 4.98 Å². The van der Waals surface area contributed by atoms with Crippen molar-refractivity contribution in [1.29, 1.82) is 0 Å². The highest BCUT2D eigenvalue weighted by molar-refractivity contribution is 6.46. The van der Waals surface area contributed by atoms with Gasteiger partial charge in [0.2, 0.25) is 0 Å². The van der Waals surface area contributed by atoms with Crippen LogP contribution in [0.15, 0.2) is 42.6 Å². The number of aryl methyl sites for hydroxylation is 1. The van der Waals surface area contributed by atoms with E-state index in [9.17, 15) is 9.59 Å². The number of nitrogens with zero attached hydrogens (tertiary/aromatic N) is 2. The van der Waals surface area contributed by atoms with Crippen LogP contribution in [0, 0.1) is 6.92 Å². The molecule has 108 valence electrons. The van der Waals surface area contributed by atoms with Crippen molar-refractivity contribution in [3.05, 3.63) is 53.7 Å². The molecule has 1 amide bonds. The van der Waals surface area contributed by atoms with E-state index >= 15 is 0 Å². The summed E-state index contributed by atoms with van der Waals surface area (Å²) in [5, 5.41) is 2.55. The van der Waals surface area contributed by atoms with Crippen molar-refractivity contribution in [2.45, 2.75) is 6.92 Å². The molecule has 0 unspecified atom stereocenters. The average molecular weight is 283 g/mol. The molecule has 0 aliphatic carbocycles. The highest BCUT2D eigenvalue weighted by atomic mass is 16.2. The molecule has 5 nitrogen and oxygen atoms in total. The van der Waals surface area contributed by atoms with E-state index in [4.69, 9.17) is 0 Å². The number of pyridine rings is 1. The molecule has 0 saturated heterocycles. The van der Waals surface area contributed by atoms with Crippen LogP contribution in [0.3, 0.4) is 0 Å². The van der Waals surface area contributed by atoms with Crippen molar-refractivity contribution in [3.8, 4) is 0 Å². The first kappa shape index (κ1) is 14.7. The molecule has 5 heteroatoms. The van der Waals surface area contributed by atoms with E-state index in [-0.39, 0.29) is 0 Å². The van der Waals surface area contributed by atoms with Gasteiger partial charge in [-0.15, -0.1) is 0 Å². The van der Waals surface area contributed by atoms with Crippen molar-refractivity contribution < 1.29 is 9.59 Å². The quantitative estimate of drug-likeness (QED) is 0.690. The van der Waals surface area contributed by atoms with Gasteiger partial charge in [0.1, 0.15) is 5.82 Å². The maximum atomic E-state index is 12.0. The molecule has 2 aromatic rings. The van der Waals surface area contributed by atoms with E-state index in [0.717, 1.165) is 11.4 Å². The first-order chi connectivity index (χ1) is 9.97. The standard InChI is InChI=1S/C16H17N3O2/c1-11-4-6-12(7-5-11)15(20)16(21)18-13-8-9-14(17-10-13)19(2)3/h4-10H,1-3H3,(H,18,21). The van der Waals surface area contributed by atoms with Gasteiger partial charge in [-0.3, -0.25) is 9.59 Å². The Bertz CT molecular complexity index is 646. The Labute approximate surface area is 123 Å². The average Bonchev–Trinajstić information content (AvgIpc) is 2.47. The predicted molar refractivity (Wildman–Crippen MR) is 82.7 cm³/mol. The monoisotopic (exact) mass is 283 g/mol. The van der Waals surface area contributed by atoms with Gasteiger partial charge in [-0.05, 0) is 19.1 Å². The predicted octanol–water partition coefficient (Wildman–Crippen LogP) is 2.28. The Morgan fingerprint density at radius 2 is 1.71 bits per heavy atom. The van der Waals surface area contributed by atoms with E-state index < -0.39 is 11.7 Å². The first-order valence-electron chi connectivity index (χ1n) is 6.53. The third-order valence-corrected chi connectivity index (χ3v) is 2.98. The molecule has 2 rings (SSSR count). The Morgan fingerprint density at radius 3 is 2.24 bits per heavy atom. The van der Waals surface area contributed by atoms with Crippen molar-refractivity contribution in [2.75, 3.05) is 24.3 Å². The molecule has 0 fully saturated rings. The lowest BCUT2D eigenvalue weighted by Gasteiger charge is -2.11. The van der Waals surface area contributed by atoms with Gasteiger partial charge >= 0.3 is 0 Å². The van der Waals surface area contributed by atoms with Crippen molar-refractivity contribution in [3.63, 3.8) is 0 Å². The number of carbonyl (C=O) groups excluding carboxylic acids is 2. The Kier molecular flexibility index (Phi) is 4.33. The second-order valence-electron chi connectivity index (χ2n) is 4.95. The number of Topliss-reactive ketones (excluding diaryl/α,β-unsaturated/α-hetero) is 1. The maximum absolute atomic E-state index is 12.0. The zero-order valence-corrected chi connectivity index (χ0v) is 12.3. The summed E-state index contributed by atoms with van der Waals surface area (Å²) >= 11 is 0. The fourth-order valence-electron chi connectivity index (χ4n) is 1.75. The molecule has 0 radical (unpaired) electrons. The number of rotatable bonds is 4. The second-order valence-corrected chi connectivity index (χ2v) is 4.95. The number of ketones is 1. The van der Waals surface area contributed by atoms with E-state index in [2.05, 4.69) is 10.3 Å². The largest absolute Gasteiger partial charge is 0.363 e. The third-order valence-electron chi connectivity index (χ3n) is 2.98. The number of amides is 1. The number of nitrogens with one attached hydrogen (secondary N) is 1. The highest BCUT2D eigenvalue weighted by Gasteiger charge is 2.16. The van der Waals surface area contributed by atoms with Crippen LogP contribution >= 0.6 is 0 Å². The molecule has 1 aromatic carbocycles. The number of carbonyl (C=O) groups is 2. The van der Waals surface area contributed by atoms with Crippen LogP contribution < -0.4 is 10.2 Å². The maximum Gasteiger partial charge on any atom is 0.296 e. The summed E-state index contributed by atoms with van der Waals surface area (Å²) in [6.07, 6.45) is 1.52. The van der Waals surface area contributed by atoms with Crippen molar-refractivity contribution >= 4 is 23.2 Å². The van der Waals surface area contributed by atoms with Gasteiger partial charge in [-0.1, -0.05) is 29.8 Å². The van der Waals surface area contributed by atoms with Gasteiger partial charge in [0.05, 0.1) is 11.9 Å². The molecule has 0 atom stereocenters. The van der Waals surface area contributed by atoms with Gasteiger partial charge in [0, 0.05) is 19.7 Å². The van der Waals surface area contributed by atoms with E-state index in [1.54, 1.807) is 36.4 Å². The number of aromatic nitrogens is 1. The van der Waals surface area contributed by atoms with Crippen LogP contribution in [0.25, 0.3) is 0 Å². The number of hydrogen-bond donors (Lipinski definition) is 1. The van der Waals surface area contributed by atoms with Crippen LogP contribution in [0.4, 0.5) is 11.5 Å². The smallest absolute Gasteiger partial charge is 0.296 e. The second kappa shape index (κ2) is 6.17. The normalized spacial score (nSPS) is 10.0. The molecule has 0 spiro atoms. The minimum atomic E-state index is -0.668. The van der Waals surface area contributed by atoms with Crippen molar-refractivity contribution in [1.82, 2.24) is 4.98 Å². The van der Waals surface area contributed by atoms with E-state index in [0.29, 0.717) is 11.3 Å². The Balaban J connectivity index is 2.07. The molecule has 0 aliphatic rings. The lowest BCUT2D eigenvalue weighted by atomic mass is 10.1. The summed E-state index contributed by atoms with van der Waals surface area (Å²) in [6.45, 7) is 1.92. The topological polar surface area (TPSA) is 62.3 Å². The lowest BCUT2D eigenvalue weighted by molar-refractivity contribution is -0.112. The fraction of sp³-hybridized carbons (Fsp3) is 0.188. The summed E-state index contributed by atoms with van der Waals surface area (Å²) in [7, 11) is 3.75. The van der Waals surface area contributed by atoms with Crippen LogP contribution in [-0.2, 0) is 4.79 Å². The van der Waals surface area contributed by atoms with Crippen LogP contribution in [0.1, 0.15) is 15.9 Å². The summed E-state index contributed by atoms with van der Waals surface area (Å²) < 4.78 is 0. The molecule has 1 N–H and O–H groups in total. The SMILES string of the molecule is Cc1ccc(C(=O)C(=O)Nc2ccc(N(C)C)nc2)cc1. The molecular weight excluding hydrogens is 266 g/mol. The number of anilines is 2. The minimum absolute atomic E-state index is 0.371. The lowest BCUT2D eigenvalue weighted by Crippen LogP contribution is -2.23. The molecule has 1 aromatic heterocycles. The zero-order chi connectivity index (χ0) is 15.4. The Hall–Kier alpha value is -2.69. The molecule has 0 bridgehead atoms. The molecular formula is C16H17N3O2. The highest BCUT2D eigenvalue weighted by Crippen LogP contribution is 2.12. The summed E-state index contributed by atoms with van der Waals surface area (Å²) in [4.78, 5) is 29.9. The molecule has 0 saturated carbocycles. The first-order valence-corrected chi connectivity index (χ1v) is 6.53. The fourth-order valence-corrected chi connectivity index (χ4v) is 1.75. The summed E-state index contributed by atoms with van der Waals surface area (Å²) in [5.41, 5.74) is 1.90. The number of hydrogen-bond acceptors (Lipinski definition) is 4. The van der Waals surface area contributed by atoms with Gasteiger partial charge < -0.3 is 10.2 Å². The molecule has 1 heterocycles. The van der Waals surface area contributed by atoms with Gasteiger partial charge in [0.25, 0.3) is 11.7 Å². The number of benzene rings is 1. The zero-order valence-electron chi connectivity index (χ0n) is 12.3. The van der Waals surface area contributed by atoms with Gasteiger partial charge in [0.15, 0.2) is 0 Å². The minimum Gasteiger partial charge on any atom is -0.363 e. The third kappa shape index (κ3) is 3.66. The molecule has 0 aliphatic heterocycles. The van der Waals surface area contributed by atoms with E-state index in [1.807, 2.05) is 25.9 Å². The van der Waals surface area contributed by atoms with Crippen LogP contribution in [-0.4, -0.2) is 30.8 Å².